The van der Waals surface area contributed by atoms with Crippen LogP contribution >= 0.6 is 0 Å². The quantitative estimate of drug-likeness (QED) is 0.869. The molecular formula is C18H23N5O3. The summed E-state index contributed by atoms with van der Waals surface area (Å²) in [5.41, 5.74) is 0.863. The van der Waals surface area contributed by atoms with Crippen LogP contribution in [-0.2, 0) is 11.3 Å². The topological polar surface area (TPSA) is 100 Å². The molecule has 3 rings (SSSR count). The number of carbonyl (C=O) groups is 2. The van der Waals surface area contributed by atoms with Crippen molar-refractivity contribution in [3.8, 4) is 5.82 Å². The molecule has 1 fully saturated rings. The average Bonchev–Trinajstić information content (AvgIpc) is 3.05. The third-order valence-electron chi connectivity index (χ3n) is 4.65. The van der Waals surface area contributed by atoms with Crippen molar-refractivity contribution in [1.29, 1.82) is 0 Å². The van der Waals surface area contributed by atoms with Gasteiger partial charge in [-0.15, -0.1) is 0 Å². The number of carboxylic acids is 1. The van der Waals surface area contributed by atoms with Gasteiger partial charge in [0.05, 0.1) is 5.92 Å². The third-order valence-corrected chi connectivity index (χ3v) is 4.65. The molecule has 0 spiro atoms. The highest BCUT2D eigenvalue weighted by atomic mass is 16.4. The summed E-state index contributed by atoms with van der Waals surface area (Å²) in [5, 5.41) is 12.1. The van der Waals surface area contributed by atoms with Gasteiger partial charge in [0.2, 0.25) is 0 Å². The van der Waals surface area contributed by atoms with Gasteiger partial charge in [-0.05, 0) is 25.3 Å². The molecule has 0 radical (unpaired) electrons. The molecule has 2 aromatic rings. The third kappa shape index (κ3) is 3.84. The maximum atomic E-state index is 12.5. The summed E-state index contributed by atoms with van der Waals surface area (Å²) in [6.45, 7) is 4.97. The molecule has 138 valence electrons. The first-order valence-corrected chi connectivity index (χ1v) is 8.65. The maximum Gasteiger partial charge on any atom is 0.317 e. The highest BCUT2D eigenvalue weighted by Gasteiger charge is 2.31. The number of aryl methyl sites for hydroxylation is 1. The van der Waals surface area contributed by atoms with Gasteiger partial charge < -0.3 is 15.3 Å². The number of urea groups is 1. The molecular weight excluding hydrogens is 334 g/mol. The van der Waals surface area contributed by atoms with Gasteiger partial charge in [-0.1, -0.05) is 13.0 Å². The van der Waals surface area contributed by atoms with E-state index in [4.69, 9.17) is 0 Å². The Morgan fingerprint density at radius 3 is 2.81 bits per heavy atom. The smallest absolute Gasteiger partial charge is 0.317 e. The van der Waals surface area contributed by atoms with E-state index >= 15 is 0 Å². The van der Waals surface area contributed by atoms with Gasteiger partial charge in [0, 0.05) is 43.8 Å². The Kier molecular flexibility index (Phi) is 5.20. The lowest BCUT2D eigenvalue weighted by Crippen LogP contribution is -2.49. The zero-order valence-corrected chi connectivity index (χ0v) is 14.9. The van der Waals surface area contributed by atoms with E-state index in [1.165, 1.54) is 0 Å². The predicted molar refractivity (Wildman–Crippen MR) is 94.8 cm³/mol. The fraction of sp³-hybridized carbons (Fsp3) is 0.444. The van der Waals surface area contributed by atoms with Crippen LogP contribution in [-0.4, -0.2) is 49.6 Å². The van der Waals surface area contributed by atoms with Gasteiger partial charge in [-0.25, -0.2) is 14.8 Å². The molecule has 3 heterocycles. The van der Waals surface area contributed by atoms with Crippen molar-refractivity contribution >= 4 is 12.0 Å². The number of nitrogens with one attached hydrogen (secondary N) is 1. The number of nitrogens with zero attached hydrogens (tertiary/aromatic N) is 4. The second kappa shape index (κ2) is 7.55. The largest absolute Gasteiger partial charge is 0.481 e. The Balaban J connectivity index is 1.69. The van der Waals surface area contributed by atoms with E-state index < -0.39 is 11.9 Å². The summed E-state index contributed by atoms with van der Waals surface area (Å²) >= 11 is 0. The molecule has 0 saturated carbocycles. The van der Waals surface area contributed by atoms with Crippen molar-refractivity contribution in [3.05, 3.63) is 42.1 Å². The van der Waals surface area contributed by atoms with E-state index in [9.17, 15) is 14.7 Å². The maximum absolute atomic E-state index is 12.5. The van der Waals surface area contributed by atoms with Crippen LogP contribution < -0.4 is 5.32 Å². The molecule has 1 saturated heterocycles. The Morgan fingerprint density at radius 2 is 2.12 bits per heavy atom. The van der Waals surface area contributed by atoms with Gasteiger partial charge in [0.15, 0.2) is 0 Å². The van der Waals surface area contributed by atoms with Crippen molar-refractivity contribution < 1.29 is 14.7 Å². The minimum atomic E-state index is -0.848. The molecule has 26 heavy (non-hydrogen) atoms. The van der Waals surface area contributed by atoms with E-state index in [0.717, 1.165) is 17.2 Å². The molecule has 2 atom stereocenters. The molecule has 2 unspecified atom stereocenters. The van der Waals surface area contributed by atoms with E-state index in [2.05, 4.69) is 15.3 Å². The monoisotopic (exact) mass is 357 g/mol. The van der Waals surface area contributed by atoms with Crippen LogP contribution in [0.5, 0.6) is 0 Å². The van der Waals surface area contributed by atoms with Crippen molar-refractivity contribution in [2.45, 2.75) is 26.8 Å². The number of carboxylic acid groups (broad SMARTS) is 1. The Bertz CT molecular complexity index is 804. The number of imidazole rings is 1. The summed E-state index contributed by atoms with van der Waals surface area (Å²) in [6, 6.07) is 3.47. The SMILES string of the molecule is Cc1nccn1-c1ncccc1CNC(=O)N1CC(C)CC(C(=O)O)C1. The molecule has 1 aliphatic heterocycles. The van der Waals surface area contributed by atoms with E-state index in [1.54, 1.807) is 17.3 Å². The van der Waals surface area contributed by atoms with Crippen LogP contribution in [0.25, 0.3) is 5.82 Å². The van der Waals surface area contributed by atoms with Crippen LogP contribution in [0.1, 0.15) is 24.7 Å². The predicted octanol–water partition coefficient (Wildman–Crippen LogP) is 1.83. The molecule has 2 aromatic heterocycles. The molecule has 0 bridgehead atoms. The van der Waals surface area contributed by atoms with Crippen LogP contribution in [0.3, 0.4) is 0 Å². The first-order chi connectivity index (χ1) is 12.5. The summed E-state index contributed by atoms with van der Waals surface area (Å²) in [7, 11) is 0. The lowest BCUT2D eigenvalue weighted by Gasteiger charge is -2.34. The summed E-state index contributed by atoms with van der Waals surface area (Å²) in [6.07, 6.45) is 5.83. The molecule has 2 amide bonds. The van der Waals surface area contributed by atoms with Gasteiger partial charge in [0.25, 0.3) is 0 Å². The van der Waals surface area contributed by atoms with E-state index in [1.807, 2.05) is 36.7 Å². The number of piperidine rings is 1. The molecule has 0 aromatic carbocycles. The van der Waals surface area contributed by atoms with E-state index in [-0.39, 0.29) is 18.5 Å². The van der Waals surface area contributed by atoms with Crippen LogP contribution in [0.15, 0.2) is 30.7 Å². The number of aromatic nitrogens is 3. The fourth-order valence-corrected chi connectivity index (χ4v) is 3.37. The first-order valence-electron chi connectivity index (χ1n) is 8.65. The molecule has 2 N–H and O–H groups in total. The molecule has 1 aliphatic rings. The summed E-state index contributed by atoms with van der Waals surface area (Å²) < 4.78 is 1.87. The van der Waals surface area contributed by atoms with Crippen LogP contribution in [0.2, 0.25) is 0 Å². The lowest BCUT2D eigenvalue weighted by molar-refractivity contribution is -0.143. The molecule has 8 nitrogen and oxygen atoms in total. The van der Waals surface area contributed by atoms with Gasteiger partial charge in [-0.3, -0.25) is 9.36 Å². The zero-order chi connectivity index (χ0) is 18.7. The highest BCUT2D eigenvalue weighted by Crippen LogP contribution is 2.22. The Labute approximate surface area is 151 Å². The number of pyridine rings is 1. The van der Waals surface area contributed by atoms with Gasteiger partial charge in [0.1, 0.15) is 11.6 Å². The van der Waals surface area contributed by atoms with E-state index in [0.29, 0.717) is 19.5 Å². The normalized spacial score (nSPS) is 20.0. The van der Waals surface area contributed by atoms with Crippen molar-refractivity contribution in [2.75, 3.05) is 13.1 Å². The van der Waals surface area contributed by atoms with Gasteiger partial charge >= 0.3 is 12.0 Å². The van der Waals surface area contributed by atoms with Crippen LogP contribution in [0.4, 0.5) is 4.79 Å². The second-order valence-corrected chi connectivity index (χ2v) is 6.77. The average molecular weight is 357 g/mol. The number of likely N-dealkylation sites (tertiary alicyclic amines) is 1. The van der Waals surface area contributed by atoms with Crippen LogP contribution in [0, 0.1) is 18.8 Å². The minimum Gasteiger partial charge on any atom is -0.481 e. The Morgan fingerprint density at radius 1 is 1.31 bits per heavy atom. The molecule has 8 heteroatoms. The van der Waals surface area contributed by atoms with Gasteiger partial charge in [-0.2, -0.15) is 0 Å². The van der Waals surface area contributed by atoms with Crippen molar-refractivity contribution in [1.82, 2.24) is 24.8 Å². The number of hydrogen-bond donors (Lipinski definition) is 2. The standard InChI is InChI=1S/C18H23N5O3/c1-12-8-15(17(24)25)11-22(10-12)18(26)21-9-14-4-3-5-20-16(14)23-7-6-19-13(23)2/h3-7,12,15H,8-11H2,1-2H3,(H,21,26)(H,24,25). The zero-order valence-electron chi connectivity index (χ0n) is 14.9. The van der Waals surface area contributed by atoms with Crippen molar-refractivity contribution in [2.24, 2.45) is 11.8 Å². The minimum absolute atomic E-state index is 0.165. The van der Waals surface area contributed by atoms with Crippen molar-refractivity contribution in [3.63, 3.8) is 0 Å². The number of hydrogen-bond acceptors (Lipinski definition) is 4. The summed E-state index contributed by atoms with van der Waals surface area (Å²) in [4.78, 5) is 34.0. The first kappa shape index (κ1) is 17.9. The summed E-state index contributed by atoms with van der Waals surface area (Å²) in [5.74, 6) is 0.341. The number of aliphatic carboxylic acids is 1. The number of rotatable bonds is 4. The Hall–Kier alpha value is -2.90. The number of amides is 2. The lowest BCUT2D eigenvalue weighted by atomic mass is 9.91. The highest BCUT2D eigenvalue weighted by molar-refractivity contribution is 5.76. The second-order valence-electron chi connectivity index (χ2n) is 6.77. The molecule has 0 aliphatic carbocycles. The fourth-order valence-electron chi connectivity index (χ4n) is 3.37. The number of carbonyl (C=O) groups excluding carboxylic acids is 1.